The molecule has 3 heteroatoms. The van der Waals surface area contributed by atoms with E-state index in [0.29, 0.717) is 6.32 Å². The third-order valence-corrected chi connectivity index (χ3v) is 0.287. The molecule has 0 aliphatic carbocycles. The average molecular weight is 172 g/mol. The average Bonchev–Trinajstić information content (AvgIpc) is 1.41. The van der Waals surface area contributed by atoms with Crippen molar-refractivity contribution in [2.24, 2.45) is 0 Å². The molecule has 0 amide bonds. The molecule has 2 radical (unpaired) electrons. The van der Waals surface area contributed by atoms with Crippen LogP contribution in [0, 0.1) is 7.43 Å². The first-order valence-corrected chi connectivity index (χ1v) is 1.54. The van der Waals surface area contributed by atoms with Crippen LogP contribution in [0.2, 0.25) is 13.1 Å². The van der Waals surface area contributed by atoms with Gasteiger partial charge in [0.05, 0.1) is 7.28 Å². The van der Waals surface area contributed by atoms with Crippen LogP contribution in [0.4, 0.5) is 0 Å². The van der Waals surface area contributed by atoms with Gasteiger partial charge in [0.2, 0.25) is 0 Å². The molecule has 0 N–H and O–H groups in total. The summed E-state index contributed by atoms with van der Waals surface area (Å²) in [6.07, 6.45) is 2.17. The topological polar surface area (TPSA) is 17.1 Å². The molecule has 0 spiro atoms. The van der Waals surface area contributed by atoms with Crippen molar-refractivity contribution < 1.29 is 37.5 Å². The fourth-order valence-corrected chi connectivity index (χ4v) is 0.0833. The normalized spacial score (nSPS) is 4.71. The van der Waals surface area contributed by atoms with Gasteiger partial charge in [-0.25, -0.2) is 0 Å². The van der Waals surface area contributed by atoms with E-state index in [1.54, 1.807) is 13.6 Å². The van der Waals surface area contributed by atoms with Crippen molar-refractivity contribution in [3.8, 4) is 0 Å². The zero-order valence-electron chi connectivity index (χ0n) is 4.77. The maximum Gasteiger partial charge on any atom is 0.0762 e. The Labute approximate surface area is 71.4 Å². The summed E-state index contributed by atoms with van der Waals surface area (Å²) in [4.78, 5) is 9.25. The van der Waals surface area contributed by atoms with Crippen molar-refractivity contribution in [1.29, 1.82) is 0 Å². The third-order valence-electron chi connectivity index (χ3n) is 0.287. The Morgan fingerprint density at radius 3 is 2.14 bits per heavy atom. The number of carbonyl (C=O) groups excluding carboxylic acids is 1. The van der Waals surface area contributed by atoms with Crippen LogP contribution in [0.3, 0.4) is 0 Å². The Bertz CT molecular complexity index is 32.9. The van der Waals surface area contributed by atoms with E-state index in [9.17, 15) is 4.79 Å². The Kier molecular flexibility index (Phi) is 35.4. The quantitative estimate of drug-likeness (QED) is 0.442. The van der Waals surface area contributed by atoms with Gasteiger partial charge in [0.1, 0.15) is 0 Å². The molecule has 7 heavy (non-hydrogen) atoms. The second-order valence-electron chi connectivity index (χ2n) is 0.757. The summed E-state index contributed by atoms with van der Waals surface area (Å²) in [5.74, 6) is 0. The summed E-state index contributed by atoms with van der Waals surface area (Å²) < 4.78 is 0. The minimum Gasteiger partial charge on any atom is -0.542 e. The summed E-state index contributed by atoms with van der Waals surface area (Å²) in [5, 5.41) is 0. The molecule has 0 rings (SSSR count). The first-order valence-electron chi connectivity index (χ1n) is 1.54. The molecule has 38 valence electrons. The second kappa shape index (κ2) is 15.8. The molecular weight excluding hydrogens is 164 g/mol. The second-order valence-corrected chi connectivity index (χ2v) is 0.757. The van der Waals surface area contributed by atoms with E-state index in [1.165, 1.54) is 0 Å². The molecule has 0 heterocycles. The molecule has 0 unspecified atom stereocenters. The zero-order valence-corrected chi connectivity index (χ0v) is 7.61. The summed E-state index contributed by atoms with van der Waals surface area (Å²) in [7, 11) is 1.76. The fourth-order valence-electron chi connectivity index (χ4n) is 0.0833. The van der Waals surface area contributed by atoms with Crippen molar-refractivity contribution >= 4 is 13.6 Å². The fraction of sp³-hybridized carbons (Fsp3) is 0.500. The van der Waals surface area contributed by atoms with Gasteiger partial charge >= 0.3 is 0 Å². The Morgan fingerprint density at radius 1 is 1.71 bits per heavy atom. The molecule has 0 aliphatic heterocycles. The van der Waals surface area contributed by atoms with Crippen LogP contribution in [-0.4, -0.2) is 13.6 Å². The van der Waals surface area contributed by atoms with Gasteiger partial charge in [-0.15, -0.1) is 0 Å². The predicted molar refractivity (Wildman–Crippen MR) is 28.5 cm³/mol. The summed E-state index contributed by atoms with van der Waals surface area (Å²) in [6.45, 7) is 1.82. The van der Waals surface area contributed by atoms with Crippen LogP contribution < -0.4 is 0 Å². The Hall–Kier alpha value is 0.839. The van der Waals surface area contributed by atoms with Gasteiger partial charge in [-0.2, -0.15) is 6.32 Å². The van der Waals surface area contributed by atoms with Gasteiger partial charge in [0.15, 0.2) is 0 Å². The van der Waals surface area contributed by atoms with E-state index in [2.05, 4.69) is 0 Å². The molecule has 0 saturated heterocycles. The van der Waals surface area contributed by atoms with Crippen LogP contribution in [0.5, 0.6) is 0 Å². The van der Waals surface area contributed by atoms with Gasteiger partial charge in [-0.05, 0) is 0 Å². The van der Waals surface area contributed by atoms with Crippen molar-refractivity contribution in [3.05, 3.63) is 7.43 Å². The van der Waals surface area contributed by atoms with Crippen LogP contribution in [-0.2, 0) is 37.5 Å². The Morgan fingerprint density at radius 2 is 2.14 bits per heavy atom. The Balaban J connectivity index is -0.0000000800. The smallest absolute Gasteiger partial charge is 0.0762 e. The molecule has 0 saturated carbocycles. The molecule has 0 fully saturated rings. The largest absolute Gasteiger partial charge is 0.542 e. The monoisotopic (exact) mass is 172 g/mol. The van der Waals surface area contributed by atoms with Gasteiger partial charge in [0, 0.05) is 32.7 Å². The molecule has 1 nitrogen and oxygen atoms in total. The van der Waals surface area contributed by atoms with Crippen molar-refractivity contribution in [2.75, 3.05) is 0 Å². The minimum absolute atomic E-state index is 0. The van der Waals surface area contributed by atoms with Gasteiger partial charge in [0.25, 0.3) is 0 Å². The van der Waals surface area contributed by atoms with Crippen molar-refractivity contribution in [1.82, 2.24) is 0 Å². The van der Waals surface area contributed by atoms with Gasteiger partial charge in [-0.1, -0.05) is 6.82 Å². The standard InChI is InChI=1S/C3H5BO.CH3.Y/c1-4-2-3-5;;/h2H2,1H3;1H3;/q2*-1;. The molecule has 0 aromatic heterocycles. The molecule has 0 aromatic carbocycles. The maximum atomic E-state index is 9.25. The minimum atomic E-state index is 0. The van der Waals surface area contributed by atoms with Crippen LogP contribution in [0.1, 0.15) is 0 Å². The molecule has 0 aromatic rings. The van der Waals surface area contributed by atoms with E-state index in [-0.39, 0.29) is 40.1 Å². The summed E-state index contributed by atoms with van der Waals surface area (Å²) in [6, 6.07) is 0. The summed E-state index contributed by atoms with van der Waals surface area (Å²) >= 11 is 0. The van der Waals surface area contributed by atoms with Crippen LogP contribution in [0.25, 0.3) is 0 Å². The number of hydrogen-bond donors (Lipinski definition) is 0. The zero-order chi connectivity index (χ0) is 4.12. The van der Waals surface area contributed by atoms with E-state index >= 15 is 0 Å². The first kappa shape index (κ1) is 15.7. The molecule has 0 aliphatic rings. The van der Waals surface area contributed by atoms with Crippen molar-refractivity contribution in [3.63, 3.8) is 0 Å². The maximum absolute atomic E-state index is 9.25. The molecular formula is C4H8BOY-2. The van der Waals surface area contributed by atoms with E-state index in [4.69, 9.17) is 0 Å². The number of hydrogen-bond acceptors (Lipinski definition) is 1. The summed E-state index contributed by atoms with van der Waals surface area (Å²) in [5.41, 5.74) is 0. The van der Waals surface area contributed by atoms with E-state index in [1.807, 2.05) is 6.82 Å². The van der Waals surface area contributed by atoms with Crippen molar-refractivity contribution in [2.45, 2.75) is 13.1 Å². The molecule has 0 bridgehead atoms. The SMILES string of the molecule is C[B]C[C-]=O.[CH3-].[Y]. The van der Waals surface area contributed by atoms with Crippen LogP contribution >= 0.6 is 0 Å². The van der Waals surface area contributed by atoms with Gasteiger partial charge in [-0.3, -0.25) is 6.29 Å². The number of rotatable bonds is 2. The van der Waals surface area contributed by atoms with Gasteiger partial charge < -0.3 is 12.2 Å². The first-order chi connectivity index (χ1) is 2.41. The third kappa shape index (κ3) is 19.9. The van der Waals surface area contributed by atoms with E-state index < -0.39 is 0 Å². The predicted octanol–water partition coefficient (Wildman–Crippen LogP) is 0.714. The molecule has 0 atom stereocenters. The van der Waals surface area contributed by atoms with Crippen LogP contribution in [0.15, 0.2) is 0 Å². The van der Waals surface area contributed by atoms with E-state index in [0.717, 1.165) is 0 Å².